The third kappa shape index (κ3) is 4.39. The highest BCUT2D eigenvalue weighted by molar-refractivity contribution is 7.99. The maximum absolute atomic E-state index is 13.1. The molecule has 0 fully saturated rings. The fourth-order valence-electron chi connectivity index (χ4n) is 1.66. The number of benzene rings is 2. The van der Waals surface area contributed by atoms with Gasteiger partial charge in [-0.3, -0.25) is 0 Å². The lowest BCUT2D eigenvalue weighted by Crippen LogP contribution is -2.02. The van der Waals surface area contributed by atoms with Gasteiger partial charge in [0.05, 0.1) is 12.2 Å². The molecule has 0 aromatic heterocycles. The number of carboxylic acid groups (broad SMARTS) is 1. The van der Waals surface area contributed by atoms with Crippen molar-refractivity contribution in [1.82, 2.24) is 0 Å². The second-order valence-corrected chi connectivity index (χ2v) is 5.35. The van der Waals surface area contributed by atoms with Gasteiger partial charge in [-0.1, -0.05) is 6.07 Å². The molecule has 0 radical (unpaired) electrons. The monoisotopic (exact) mass is 307 g/mol. The summed E-state index contributed by atoms with van der Waals surface area (Å²) in [6, 6.07) is 10.5. The molecule has 0 spiro atoms. The van der Waals surface area contributed by atoms with Gasteiger partial charge in [0.2, 0.25) is 0 Å². The van der Waals surface area contributed by atoms with Crippen molar-refractivity contribution in [2.45, 2.75) is 4.90 Å². The second-order valence-electron chi connectivity index (χ2n) is 4.21. The fraction of sp³-hybridized carbons (Fsp3) is 0.133. The van der Waals surface area contributed by atoms with Crippen LogP contribution in [0.4, 0.5) is 10.1 Å². The van der Waals surface area contributed by atoms with Crippen molar-refractivity contribution >= 4 is 23.4 Å². The molecule has 0 atom stereocenters. The number of hydrogen-bond donors (Lipinski definition) is 2. The van der Waals surface area contributed by atoms with Gasteiger partial charge in [-0.05, 0) is 36.4 Å². The molecule has 2 rings (SSSR count). The molecule has 0 heterocycles. The van der Waals surface area contributed by atoms with Crippen LogP contribution in [-0.2, 0) is 0 Å². The maximum atomic E-state index is 13.1. The van der Waals surface area contributed by atoms with Gasteiger partial charge in [0.25, 0.3) is 0 Å². The number of ether oxygens (including phenoxy) is 1. The Balaban J connectivity index is 1.86. The van der Waals surface area contributed by atoms with Crippen LogP contribution in [0.1, 0.15) is 10.4 Å². The molecule has 0 aliphatic carbocycles. The molecule has 3 N–H and O–H groups in total. The van der Waals surface area contributed by atoms with Crippen LogP contribution in [0.5, 0.6) is 5.75 Å². The Kier molecular flexibility index (Phi) is 5.05. The average molecular weight is 307 g/mol. The van der Waals surface area contributed by atoms with E-state index in [1.54, 1.807) is 12.1 Å². The number of nitrogens with two attached hydrogens (primary N) is 1. The minimum Gasteiger partial charge on any atom is -0.493 e. The zero-order valence-electron chi connectivity index (χ0n) is 11.1. The van der Waals surface area contributed by atoms with Crippen LogP contribution >= 0.6 is 11.8 Å². The Bertz CT molecular complexity index is 649. The Morgan fingerprint density at radius 2 is 2.10 bits per heavy atom. The SMILES string of the molecule is Nc1ccc(F)cc1SCCOc1cccc(C(=O)O)c1. The smallest absolute Gasteiger partial charge is 0.335 e. The van der Waals surface area contributed by atoms with Crippen LogP contribution in [0, 0.1) is 5.82 Å². The summed E-state index contributed by atoms with van der Waals surface area (Å²) in [7, 11) is 0. The summed E-state index contributed by atoms with van der Waals surface area (Å²) in [5.74, 6) is -0.267. The summed E-state index contributed by atoms with van der Waals surface area (Å²) in [5.41, 5.74) is 6.44. The standard InChI is InChI=1S/C15H14FNO3S/c16-11-4-5-13(17)14(9-11)21-7-6-20-12-3-1-2-10(8-12)15(18)19/h1-5,8-9H,6-7,17H2,(H,18,19). The van der Waals surface area contributed by atoms with Crippen molar-refractivity contribution in [3.63, 3.8) is 0 Å². The van der Waals surface area contributed by atoms with Crippen molar-refractivity contribution in [2.75, 3.05) is 18.1 Å². The zero-order valence-corrected chi connectivity index (χ0v) is 11.9. The fourth-order valence-corrected chi connectivity index (χ4v) is 2.48. The van der Waals surface area contributed by atoms with Crippen LogP contribution in [0.2, 0.25) is 0 Å². The van der Waals surface area contributed by atoms with Crippen LogP contribution in [0.15, 0.2) is 47.4 Å². The Labute approximate surface area is 125 Å². The molecule has 0 aliphatic rings. The minimum atomic E-state index is -0.998. The molecule has 110 valence electrons. The van der Waals surface area contributed by atoms with E-state index in [9.17, 15) is 9.18 Å². The second kappa shape index (κ2) is 6.99. The quantitative estimate of drug-likeness (QED) is 0.487. The number of hydrogen-bond acceptors (Lipinski definition) is 4. The molecule has 2 aromatic rings. The van der Waals surface area contributed by atoms with Crippen molar-refractivity contribution < 1.29 is 19.0 Å². The number of thioether (sulfide) groups is 1. The van der Waals surface area contributed by atoms with Gasteiger partial charge in [-0.25, -0.2) is 9.18 Å². The predicted octanol–water partition coefficient (Wildman–Crippen LogP) is 3.28. The lowest BCUT2D eigenvalue weighted by atomic mass is 10.2. The Morgan fingerprint density at radius 1 is 1.29 bits per heavy atom. The number of nitrogen functional groups attached to an aromatic ring is 1. The Morgan fingerprint density at radius 3 is 2.86 bits per heavy atom. The summed E-state index contributed by atoms with van der Waals surface area (Å²) >= 11 is 1.38. The topological polar surface area (TPSA) is 72.5 Å². The molecule has 6 heteroatoms. The molecule has 0 aliphatic heterocycles. The largest absolute Gasteiger partial charge is 0.493 e. The van der Waals surface area contributed by atoms with Gasteiger partial charge in [0, 0.05) is 16.3 Å². The first-order valence-corrected chi connectivity index (χ1v) is 7.19. The number of halogens is 1. The van der Waals surface area contributed by atoms with E-state index in [2.05, 4.69) is 0 Å². The van der Waals surface area contributed by atoms with E-state index < -0.39 is 5.97 Å². The van der Waals surface area contributed by atoms with E-state index in [1.807, 2.05) is 0 Å². The molecule has 0 bridgehead atoms. The van der Waals surface area contributed by atoms with Gasteiger partial charge in [0.1, 0.15) is 11.6 Å². The number of anilines is 1. The normalized spacial score (nSPS) is 10.3. The van der Waals surface area contributed by atoms with Crippen molar-refractivity contribution in [3.8, 4) is 5.75 Å². The zero-order chi connectivity index (χ0) is 15.2. The molecule has 4 nitrogen and oxygen atoms in total. The van der Waals surface area contributed by atoms with Crippen molar-refractivity contribution in [1.29, 1.82) is 0 Å². The van der Waals surface area contributed by atoms with Gasteiger partial charge in [-0.15, -0.1) is 11.8 Å². The molecule has 0 amide bonds. The van der Waals surface area contributed by atoms with Gasteiger partial charge in [0.15, 0.2) is 0 Å². The van der Waals surface area contributed by atoms with Gasteiger partial charge in [-0.2, -0.15) is 0 Å². The molecular weight excluding hydrogens is 293 g/mol. The summed E-state index contributed by atoms with van der Waals surface area (Å²) in [5, 5.41) is 8.88. The first-order chi connectivity index (χ1) is 10.1. The third-order valence-electron chi connectivity index (χ3n) is 2.67. The van der Waals surface area contributed by atoms with E-state index in [0.717, 1.165) is 0 Å². The highest BCUT2D eigenvalue weighted by Crippen LogP contribution is 2.25. The van der Waals surface area contributed by atoms with E-state index in [0.29, 0.717) is 28.7 Å². The molecule has 2 aromatic carbocycles. The van der Waals surface area contributed by atoms with E-state index in [-0.39, 0.29) is 11.4 Å². The first kappa shape index (κ1) is 15.2. The molecule has 21 heavy (non-hydrogen) atoms. The number of aromatic carboxylic acids is 1. The lowest BCUT2D eigenvalue weighted by molar-refractivity contribution is 0.0696. The van der Waals surface area contributed by atoms with Crippen molar-refractivity contribution in [3.05, 3.63) is 53.8 Å². The number of carboxylic acids is 1. The van der Waals surface area contributed by atoms with E-state index in [4.69, 9.17) is 15.6 Å². The first-order valence-electron chi connectivity index (χ1n) is 6.20. The van der Waals surface area contributed by atoms with Crippen LogP contribution < -0.4 is 10.5 Å². The van der Waals surface area contributed by atoms with Crippen LogP contribution in [-0.4, -0.2) is 23.4 Å². The highest BCUT2D eigenvalue weighted by atomic mass is 32.2. The Hall–Kier alpha value is -2.21. The van der Waals surface area contributed by atoms with Gasteiger partial charge >= 0.3 is 5.97 Å². The van der Waals surface area contributed by atoms with E-state index >= 15 is 0 Å². The lowest BCUT2D eigenvalue weighted by Gasteiger charge is -2.08. The summed E-state index contributed by atoms with van der Waals surface area (Å²) in [6.07, 6.45) is 0. The van der Waals surface area contributed by atoms with E-state index in [1.165, 1.54) is 42.1 Å². The predicted molar refractivity (Wildman–Crippen MR) is 80.4 cm³/mol. The number of carbonyl (C=O) groups is 1. The molecule has 0 saturated carbocycles. The van der Waals surface area contributed by atoms with Crippen LogP contribution in [0.3, 0.4) is 0 Å². The molecule has 0 saturated heterocycles. The third-order valence-corrected chi connectivity index (χ3v) is 3.70. The average Bonchev–Trinajstić information content (AvgIpc) is 2.47. The van der Waals surface area contributed by atoms with Crippen LogP contribution in [0.25, 0.3) is 0 Å². The maximum Gasteiger partial charge on any atom is 0.335 e. The summed E-state index contributed by atoms with van der Waals surface area (Å²) in [6.45, 7) is 0.365. The van der Waals surface area contributed by atoms with Crippen molar-refractivity contribution in [2.24, 2.45) is 0 Å². The number of rotatable bonds is 6. The van der Waals surface area contributed by atoms with Gasteiger partial charge < -0.3 is 15.6 Å². The summed E-state index contributed by atoms with van der Waals surface area (Å²) < 4.78 is 18.6. The minimum absolute atomic E-state index is 0.175. The molecule has 0 unspecified atom stereocenters. The highest BCUT2D eigenvalue weighted by Gasteiger charge is 2.05. The molecular formula is C15H14FNO3S. The summed E-state index contributed by atoms with van der Waals surface area (Å²) in [4.78, 5) is 11.5.